The number of nitrogens with one attached hydrogen (secondary N) is 2. The van der Waals surface area contributed by atoms with Gasteiger partial charge in [0.15, 0.2) is 0 Å². The summed E-state index contributed by atoms with van der Waals surface area (Å²) < 4.78 is 10.7. The summed E-state index contributed by atoms with van der Waals surface area (Å²) in [6, 6.07) is 8.41. The molecule has 4 aliphatic rings. The maximum absolute atomic E-state index is 12.4. The van der Waals surface area contributed by atoms with Gasteiger partial charge in [-0.15, -0.1) is 23.2 Å². The Morgan fingerprint density at radius 2 is 1.10 bits per heavy atom. The van der Waals surface area contributed by atoms with Gasteiger partial charge in [-0.2, -0.15) is 0 Å². The van der Waals surface area contributed by atoms with Crippen LogP contribution in [0.3, 0.4) is 0 Å². The van der Waals surface area contributed by atoms with Crippen molar-refractivity contribution < 1.29 is 19.1 Å². The Morgan fingerprint density at radius 3 is 1.56 bits per heavy atom. The Bertz CT molecular complexity index is 2800. The number of likely N-dealkylation sites (tertiary alicyclic amines) is 2. The van der Waals surface area contributed by atoms with Crippen LogP contribution in [0.5, 0.6) is 0 Å². The highest BCUT2D eigenvalue weighted by Gasteiger charge is 2.39. The van der Waals surface area contributed by atoms with E-state index in [1.54, 1.807) is 23.1 Å². The highest BCUT2D eigenvalue weighted by Crippen LogP contribution is 2.39. The molecule has 376 valence electrons. The van der Waals surface area contributed by atoms with Crippen LogP contribution in [0.4, 0.5) is 21.0 Å². The number of pyridine rings is 2. The third-order valence-electron chi connectivity index (χ3n) is 12.0. The molecular formula is C49H61Cl5N12O4. The molecule has 0 unspecified atom stereocenters. The minimum Gasteiger partial charge on any atom is -0.444 e. The van der Waals surface area contributed by atoms with Gasteiger partial charge in [0.1, 0.15) is 55.4 Å². The summed E-state index contributed by atoms with van der Waals surface area (Å²) in [4.78, 5) is 64.2. The van der Waals surface area contributed by atoms with Gasteiger partial charge in [0, 0.05) is 104 Å². The summed E-state index contributed by atoms with van der Waals surface area (Å²) in [5.41, 5.74) is 8.07. The lowest BCUT2D eigenvalue weighted by molar-refractivity contribution is 0.00140. The van der Waals surface area contributed by atoms with Crippen molar-refractivity contribution in [1.82, 2.24) is 49.7 Å². The van der Waals surface area contributed by atoms with Gasteiger partial charge >= 0.3 is 12.2 Å². The molecule has 2 N–H and O–H groups in total. The van der Waals surface area contributed by atoms with Gasteiger partial charge in [0.05, 0.1) is 28.5 Å². The number of anilines is 2. The van der Waals surface area contributed by atoms with Crippen molar-refractivity contribution >= 4 is 104 Å². The molecule has 4 aliphatic heterocycles. The van der Waals surface area contributed by atoms with E-state index in [9.17, 15) is 9.59 Å². The second-order valence-electron chi connectivity index (χ2n) is 20.1. The van der Waals surface area contributed by atoms with Crippen molar-refractivity contribution in [1.29, 1.82) is 0 Å². The normalized spacial score (nSPS) is 18.1. The SMILES string of the molecule is CC(Cl)Cl.CC1CN(C(=O)OC(C)(C)C)C1.C[C@@H]1Cc2ncnc(C3CN(C(=O)OC(C)(C)C)C3)c2CN1c1cc(Cl)nc2[nH]ccc12.C[C@@H]1Cc2ncnc(Cl)c2CN1c1cc(Cl)nc2[nH]ccc12. The minimum atomic E-state index is -0.498. The molecule has 0 saturated carbocycles. The fourth-order valence-corrected chi connectivity index (χ4v) is 9.34. The first kappa shape index (κ1) is 52.9. The number of nitrogens with zero attached hydrogens (tertiary/aromatic N) is 10. The van der Waals surface area contributed by atoms with E-state index in [4.69, 9.17) is 67.5 Å². The number of hydrogen-bond donors (Lipinski definition) is 2. The molecule has 0 radical (unpaired) electrons. The minimum absolute atomic E-state index is 0.180. The Labute approximate surface area is 434 Å². The molecule has 10 rings (SSSR count). The molecule has 21 heteroatoms. The monoisotopic (exact) mass is 1060 g/mol. The molecule has 2 amide bonds. The Hall–Kier alpha value is -4.87. The molecule has 16 nitrogen and oxygen atoms in total. The van der Waals surface area contributed by atoms with E-state index in [0.717, 1.165) is 87.6 Å². The van der Waals surface area contributed by atoms with E-state index >= 15 is 0 Å². The van der Waals surface area contributed by atoms with Crippen LogP contribution in [0.2, 0.25) is 15.5 Å². The first-order valence-corrected chi connectivity index (χ1v) is 25.3. The molecule has 2 fully saturated rings. The van der Waals surface area contributed by atoms with Crippen molar-refractivity contribution in [2.24, 2.45) is 5.92 Å². The van der Waals surface area contributed by atoms with Gasteiger partial charge in [-0.1, -0.05) is 41.7 Å². The van der Waals surface area contributed by atoms with E-state index < -0.39 is 5.60 Å². The molecule has 70 heavy (non-hydrogen) atoms. The summed E-state index contributed by atoms with van der Waals surface area (Å²) in [7, 11) is 0. The van der Waals surface area contributed by atoms with Crippen LogP contribution in [-0.2, 0) is 35.4 Å². The molecule has 0 spiro atoms. The number of ether oxygens (including phenoxy) is 2. The zero-order valence-corrected chi connectivity index (χ0v) is 44.9. The van der Waals surface area contributed by atoms with Gasteiger partial charge in [-0.25, -0.2) is 39.5 Å². The van der Waals surface area contributed by atoms with Crippen LogP contribution < -0.4 is 9.80 Å². The number of rotatable bonds is 3. The van der Waals surface area contributed by atoms with Crippen LogP contribution in [0, 0.1) is 5.92 Å². The second kappa shape index (κ2) is 21.9. The molecule has 0 aromatic carbocycles. The predicted molar refractivity (Wildman–Crippen MR) is 279 cm³/mol. The fraction of sp³-hybridized carbons (Fsp3) is 0.510. The van der Waals surface area contributed by atoms with E-state index in [1.165, 1.54) is 6.33 Å². The Morgan fingerprint density at radius 1 is 0.671 bits per heavy atom. The smallest absolute Gasteiger partial charge is 0.410 e. The van der Waals surface area contributed by atoms with E-state index in [2.05, 4.69) is 70.4 Å². The lowest BCUT2D eigenvalue weighted by atomic mass is 9.88. The second-order valence-corrected chi connectivity index (χ2v) is 22.8. The molecule has 10 heterocycles. The number of hydrogen-bond acceptors (Lipinski definition) is 12. The van der Waals surface area contributed by atoms with Gasteiger partial charge in [0.25, 0.3) is 0 Å². The largest absolute Gasteiger partial charge is 0.444 e. The van der Waals surface area contributed by atoms with Crippen molar-refractivity contribution in [3.05, 3.63) is 93.0 Å². The van der Waals surface area contributed by atoms with E-state index in [0.29, 0.717) is 47.6 Å². The summed E-state index contributed by atoms with van der Waals surface area (Å²) in [6.45, 7) is 23.7. The molecule has 0 bridgehead atoms. The van der Waals surface area contributed by atoms with Crippen LogP contribution in [0.1, 0.15) is 103 Å². The average molecular weight is 1060 g/mol. The Balaban J connectivity index is 0.000000163. The molecular weight excluding hydrogens is 998 g/mol. The maximum Gasteiger partial charge on any atom is 0.410 e. The third kappa shape index (κ3) is 13.0. The number of H-pyrrole nitrogens is 2. The quantitative estimate of drug-likeness (QED) is 0.0976. The average Bonchev–Trinajstić information content (AvgIpc) is 3.90. The summed E-state index contributed by atoms with van der Waals surface area (Å²) >= 11 is 28.8. The number of halogens is 5. The highest BCUT2D eigenvalue weighted by molar-refractivity contribution is 6.43. The zero-order chi connectivity index (χ0) is 50.8. The number of amides is 2. The summed E-state index contributed by atoms with van der Waals surface area (Å²) in [6.07, 6.45) is 8.12. The van der Waals surface area contributed by atoms with Gasteiger partial charge in [-0.3, -0.25) is 0 Å². The number of alkyl halides is 2. The molecule has 6 aromatic rings. The molecule has 2 saturated heterocycles. The molecule has 6 aromatic heterocycles. The van der Waals surface area contributed by atoms with Crippen LogP contribution in [0.25, 0.3) is 22.1 Å². The summed E-state index contributed by atoms with van der Waals surface area (Å²) in [5.74, 6) is 0.820. The van der Waals surface area contributed by atoms with Crippen molar-refractivity contribution in [2.45, 2.75) is 129 Å². The Kier molecular flexibility index (Phi) is 16.5. The standard InChI is InChI=1S/C23H27ClN6O2.C15H13Cl2N5.C9H17NO2.C2H4Cl2/c1-13-7-17-16(11-30(13)18-8-19(24)28-21-15(18)5-6-25-21)20(27-12-26-17)14-9-29(10-14)22(31)32-23(2,3)4;1-8-4-11-10(14(17)20-7-19-11)6-22(8)12-5-13(16)21-15-9(12)2-3-18-15;1-7-5-10(6-7)8(11)12-9(2,3)4;1-2(3)4/h5-6,8,12-14H,7,9-11H2,1-4H3,(H,25,28);2-3,5,7-8H,4,6H2,1H3,(H,18,21);7H,5-6H2,1-4H3;2H,1H3/t13-;8-;;/m11../s1. The number of fused-ring (bicyclic) bond motifs is 4. The van der Waals surface area contributed by atoms with Crippen molar-refractivity contribution in [3.8, 4) is 0 Å². The lowest BCUT2D eigenvalue weighted by Gasteiger charge is -2.42. The first-order chi connectivity index (χ1) is 32.9. The fourth-order valence-electron chi connectivity index (χ4n) is 8.75. The van der Waals surface area contributed by atoms with Crippen LogP contribution >= 0.6 is 58.0 Å². The van der Waals surface area contributed by atoms with Crippen molar-refractivity contribution in [3.63, 3.8) is 0 Å². The van der Waals surface area contributed by atoms with Crippen LogP contribution in [-0.4, -0.2) is 116 Å². The van der Waals surface area contributed by atoms with Crippen LogP contribution in [0.15, 0.2) is 49.3 Å². The number of aromatic nitrogens is 8. The highest BCUT2D eigenvalue weighted by atomic mass is 35.5. The topological polar surface area (TPSA) is 174 Å². The number of carbonyl (C=O) groups is 2. The van der Waals surface area contributed by atoms with Crippen molar-refractivity contribution in [2.75, 3.05) is 36.0 Å². The first-order valence-electron chi connectivity index (χ1n) is 23.3. The number of aromatic amines is 2. The van der Waals surface area contributed by atoms with Gasteiger partial charge in [0.2, 0.25) is 0 Å². The molecule has 2 atom stereocenters. The lowest BCUT2D eigenvalue weighted by Crippen LogP contribution is -2.51. The molecule has 0 aliphatic carbocycles. The number of carbonyl (C=O) groups excluding carboxylic acids is 2. The van der Waals surface area contributed by atoms with E-state index in [1.807, 2.05) is 78.2 Å². The predicted octanol–water partition coefficient (Wildman–Crippen LogP) is 11.6. The van der Waals surface area contributed by atoms with E-state index in [-0.39, 0.29) is 40.6 Å². The van der Waals surface area contributed by atoms with Gasteiger partial charge in [-0.05, 0) is 92.5 Å². The third-order valence-corrected chi connectivity index (χ3v) is 12.7. The van der Waals surface area contributed by atoms with Gasteiger partial charge < -0.3 is 39.0 Å². The summed E-state index contributed by atoms with van der Waals surface area (Å²) in [5, 5.41) is 3.55. The zero-order valence-electron chi connectivity index (χ0n) is 41.2. The maximum atomic E-state index is 12.4.